The fourth-order valence-electron chi connectivity index (χ4n) is 3.34. The van der Waals surface area contributed by atoms with Crippen molar-refractivity contribution in [3.05, 3.63) is 72.6 Å². The number of benzene rings is 1. The number of pyridine rings is 1. The van der Waals surface area contributed by atoms with Crippen molar-refractivity contribution in [3.63, 3.8) is 0 Å². The average Bonchev–Trinajstić information content (AvgIpc) is 3.60. The van der Waals surface area contributed by atoms with Gasteiger partial charge in [0.25, 0.3) is 0 Å². The number of carbonyl (C=O) groups is 2. The molecule has 12 heteroatoms. The van der Waals surface area contributed by atoms with Crippen molar-refractivity contribution >= 4 is 23.4 Å². The van der Waals surface area contributed by atoms with Crippen molar-refractivity contribution in [1.82, 2.24) is 25.6 Å². The largest absolute Gasteiger partial charge is 0.418 e. The third-order valence-corrected chi connectivity index (χ3v) is 5.36. The summed E-state index contributed by atoms with van der Waals surface area (Å²) in [5.74, 6) is -0.250. The molecule has 1 atom stereocenters. The van der Waals surface area contributed by atoms with Gasteiger partial charge in [0.1, 0.15) is 11.9 Å². The SMILES string of the molecule is CC(NC(=O)C1(NC(=O)Oc2cncnc2)CC1)c1ccc(Nc2ccccc2C(F)(F)F)cn1. The third kappa shape index (κ3) is 5.83. The summed E-state index contributed by atoms with van der Waals surface area (Å²) in [5, 5.41) is 8.10. The van der Waals surface area contributed by atoms with Crippen LogP contribution in [0, 0.1) is 0 Å². The normalized spacial score (nSPS) is 15.0. The van der Waals surface area contributed by atoms with Crippen molar-refractivity contribution in [2.45, 2.75) is 37.5 Å². The van der Waals surface area contributed by atoms with Gasteiger partial charge >= 0.3 is 12.3 Å². The monoisotopic (exact) mass is 486 g/mol. The van der Waals surface area contributed by atoms with E-state index in [0.717, 1.165) is 6.07 Å². The van der Waals surface area contributed by atoms with E-state index in [2.05, 4.69) is 30.9 Å². The highest BCUT2D eigenvalue weighted by molar-refractivity contribution is 5.93. The van der Waals surface area contributed by atoms with E-state index in [1.54, 1.807) is 19.1 Å². The smallest absolute Gasteiger partial charge is 0.407 e. The fourth-order valence-corrected chi connectivity index (χ4v) is 3.34. The molecule has 1 aliphatic rings. The zero-order valence-electron chi connectivity index (χ0n) is 18.5. The number of anilines is 2. The Balaban J connectivity index is 1.35. The van der Waals surface area contributed by atoms with Crippen molar-refractivity contribution in [2.24, 2.45) is 0 Å². The molecule has 9 nitrogen and oxygen atoms in total. The van der Waals surface area contributed by atoms with Crippen molar-refractivity contribution in [1.29, 1.82) is 0 Å². The third-order valence-electron chi connectivity index (χ3n) is 5.36. The Bertz CT molecular complexity index is 1200. The summed E-state index contributed by atoms with van der Waals surface area (Å²) in [7, 11) is 0. The molecule has 0 saturated heterocycles. The molecule has 3 N–H and O–H groups in total. The van der Waals surface area contributed by atoms with Crippen LogP contribution in [0.3, 0.4) is 0 Å². The molecule has 35 heavy (non-hydrogen) atoms. The fraction of sp³-hybridized carbons (Fsp3) is 0.261. The molecule has 1 fully saturated rings. The maximum atomic E-state index is 13.2. The summed E-state index contributed by atoms with van der Waals surface area (Å²) in [4.78, 5) is 36.7. The van der Waals surface area contributed by atoms with E-state index < -0.39 is 35.3 Å². The van der Waals surface area contributed by atoms with Gasteiger partial charge in [-0.05, 0) is 44.0 Å². The summed E-state index contributed by atoms with van der Waals surface area (Å²) in [6, 6.07) is 7.79. The van der Waals surface area contributed by atoms with Crippen LogP contribution in [0.15, 0.2) is 61.3 Å². The Morgan fingerprint density at radius 1 is 1.06 bits per heavy atom. The highest BCUT2D eigenvalue weighted by Crippen LogP contribution is 2.37. The number of amides is 2. The highest BCUT2D eigenvalue weighted by Gasteiger charge is 2.52. The Morgan fingerprint density at radius 3 is 2.40 bits per heavy atom. The first-order valence-corrected chi connectivity index (χ1v) is 10.6. The van der Waals surface area contributed by atoms with Crippen LogP contribution in [-0.2, 0) is 11.0 Å². The van der Waals surface area contributed by atoms with E-state index in [1.165, 1.54) is 43.1 Å². The van der Waals surface area contributed by atoms with Gasteiger partial charge < -0.3 is 20.7 Å². The summed E-state index contributed by atoms with van der Waals surface area (Å²) >= 11 is 0. The van der Waals surface area contributed by atoms with E-state index in [1.807, 2.05) is 0 Å². The van der Waals surface area contributed by atoms with Crippen LogP contribution >= 0.6 is 0 Å². The number of hydrogen-bond acceptors (Lipinski definition) is 7. The lowest BCUT2D eigenvalue weighted by atomic mass is 10.1. The maximum absolute atomic E-state index is 13.2. The van der Waals surface area contributed by atoms with Crippen LogP contribution < -0.4 is 20.7 Å². The number of nitrogens with one attached hydrogen (secondary N) is 3. The zero-order chi connectivity index (χ0) is 25.1. The molecule has 1 saturated carbocycles. The standard InChI is InChI=1S/C23H21F3N6O3/c1-14(30-20(33)22(8-9-22)32-21(34)35-16-11-27-13-28-12-16)18-7-6-15(10-29-18)31-19-5-3-2-4-17(19)23(24,25)26/h2-7,10-14,31H,8-9H2,1H3,(H,30,33)(H,32,34). The minimum atomic E-state index is -4.50. The zero-order valence-corrected chi connectivity index (χ0v) is 18.5. The molecular formula is C23H21F3N6O3. The Kier molecular flexibility index (Phi) is 6.54. The number of alkyl halides is 3. The molecule has 4 rings (SSSR count). The lowest BCUT2D eigenvalue weighted by Gasteiger charge is -2.20. The maximum Gasteiger partial charge on any atom is 0.418 e. The minimum Gasteiger partial charge on any atom is -0.407 e. The molecular weight excluding hydrogens is 465 g/mol. The van der Waals surface area contributed by atoms with Crippen LogP contribution in [0.25, 0.3) is 0 Å². The second-order valence-electron chi connectivity index (χ2n) is 8.01. The van der Waals surface area contributed by atoms with E-state index in [4.69, 9.17) is 4.74 Å². The number of aromatic nitrogens is 3. The van der Waals surface area contributed by atoms with Crippen LogP contribution in [0.5, 0.6) is 5.75 Å². The predicted molar refractivity (Wildman–Crippen MR) is 119 cm³/mol. The van der Waals surface area contributed by atoms with Gasteiger partial charge in [0.15, 0.2) is 5.75 Å². The van der Waals surface area contributed by atoms with Gasteiger partial charge in [0, 0.05) is 0 Å². The number of rotatable bonds is 7. The number of nitrogens with zero attached hydrogens (tertiary/aromatic N) is 3. The van der Waals surface area contributed by atoms with Crippen LogP contribution in [0.4, 0.5) is 29.3 Å². The molecule has 2 heterocycles. The van der Waals surface area contributed by atoms with E-state index >= 15 is 0 Å². The van der Waals surface area contributed by atoms with Gasteiger partial charge in [-0.1, -0.05) is 12.1 Å². The number of para-hydroxylation sites is 1. The van der Waals surface area contributed by atoms with Crippen LogP contribution in [0.1, 0.15) is 37.1 Å². The van der Waals surface area contributed by atoms with Gasteiger partial charge in [0.05, 0.1) is 47.3 Å². The molecule has 1 aromatic carbocycles. The Hall–Kier alpha value is -4.22. The lowest BCUT2D eigenvalue weighted by molar-refractivity contribution is -0.137. The van der Waals surface area contributed by atoms with Gasteiger partial charge in [-0.3, -0.25) is 9.78 Å². The molecule has 0 spiro atoms. The topological polar surface area (TPSA) is 118 Å². The molecule has 1 aliphatic carbocycles. The second kappa shape index (κ2) is 9.57. The summed E-state index contributed by atoms with van der Waals surface area (Å²) in [6.07, 6.45) is 0.912. The first kappa shape index (κ1) is 23.9. The van der Waals surface area contributed by atoms with Crippen LogP contribution in [-0.4, -0.2) is 32.5 Å². The predicted octanol–water partition coefficient (Wildman–Crippen LogP) is 4.13. The van der Waals surface area contributed by atoms with E-state index in [9.17, 15) is 22.8 Å². The van der Waals surface area contributed by atoms with Crippen molar-refractivity contribution in [3.8, 4) is 5.75 Å². The molecule has 2 amide bonds. The molecule has 0 aliphatic heterocycles. The van der Waals surface area contributed by atoms with Gasteiger partial charge in [-0.15, -0.1) is 0 Å². The van der Waals surface area contributed by atoms with Crippen LogP contribution in [0.2, 0.25) is 0 Å². The number of hydrogen-bond donors (Lipinski definition) is 3. The quantitative estimate of drug-likeness (QED) is 0.460. The molecule has 182 valence electrons. The first-order chi connectivity index (χ1) is 16.7. The summed E-state index contributed by atoms with van der Waals surface area (Å²) < 4.78 is 44.7. The minimum absolute atomic E-state index is 0.0911. The Morgan fingerprint density at radius 2 is 1.77 bits per heavy atom. The first-order valence-electron chi connectivity index (χ1n) is 10.6. The molecule has 0 radical (unpaired) electrons. The van der Waals surface area contributed by atoms with Gasteiger partial charge in [-0.2, -0.15) is 13.2 Å². The number of carbonyl (C=O) groups excluding carboxylic acids is 2. The van der Waals surface area contributed by atoms with E-state index in [0.29, 0.717) is 24.2 Å². The Labute approximate surface area is 198 Å². The molecule has 2 aromatic heterocycles. The van der Waals surface area contributed by atoms with Crippen molar-refractivity contribution < 1.29 is 27.5 Å². The number of ether oxygens (including phenoxy) is 1. The van der Waals surface area contributed by atoms with E-state index in [-0.39, 0.29) is 11.4 Å². The van der Waals surface area contributed by atoms with Gasteiger partial charge in [-0.25, -0.2) is 14.8 Å². The molecule has 3 aromatic rings. The summed E-state index contributed by atoms with van der Waals surface area (Å²) in [6.45, 7) is 1.71. The van der Waals surface area contributed by atoms with Crippen molar-refractivity contribution in [2.75, 3.05) is 5.32 Å². The highest BCUT2D eigenvalue weighted by atomic mass is 19.4. The second-order valence-corrected chi connectivity index (χ2v) is 8.01. The molecule has 1 unspecified atom stereocenters. The van der Waals surface area contributed by atoms with Gasteiger partial charge in [0.2, 0.25) is 5.91 Å². The molecule has 0 bridgehead atoms. The lowest BCUT2D eigenvalue weighted by Crippen LogP contribution is -2.50. The average molecular weight is 486 g/mol. The summed E-state index contributed by atoms with van der Waals surface area (Å²) in [5.41, 5.74) is -1.11. The number of halogens is 3.